The molecular formula is C22H32IN7. The van der Waals surface area contributed by atoms with E-state index in [9.17, 15) is 0 Å². The maximum Gasteiger partial charge on any atom is 0.225 e. The van der Waals surface area contributed by atoms with Crippen LogP contribution in [0.2, 0.25) is 0 Å². The van der Waals surface area contributed by atoms with Crippen LogP contribution < -0.4 is 10.6 Å². The van der Waals surface area contributed by atoms with Crippen LogP contribution >= 0.6 is 24.0 Å². The van der Waals surface area contributed by atoms with E-state index >= 15 is 0 Å². The van der Waals surface area contributed by atoms with Gasteiger partial charge < -0.3 is 15.5 Å². The molecule has 2 N–H and O–H groups in total. The largest absolute Gasteiger partial charge is 0.370 e. The Bertz CT molecular complexity index is 848. The van der Waals surface area contributed by atoms with Crippen LogP contribution in [0.4, 0.5) is 5.95 Å². The molecule has 2 aliphatic rings. The molecule has 1 fully saturated rings. The zero-order chi connectivity index (χ0) is 20.3. The summed E-state index contributed by atoms with van der Waals surface area (Å²) in [6.07, 6.45) is 4.67. The molecule has 162 valence electrons. The number of halogens is 1. The van der Waals surface area contributed by atoms with Gasteiger partial charge in [-0.2, -0.15) is 0 Å². The second kappa shape index (κ2) is 9.91. The zero-order valence-corrected chi connectivity index (χ0v) is 20.2. The zero-order valence-electron chi connectivity index (χ0n) is 17.9. The Labute approximate surface area is 196 Å². The van der Waals surface area contributed by atoms with Crippen LogP contribution in [0.3, 0.4) is 0 Å². The molecule has 2 aliphatic heterocycles. The third-order valence-corrected chi connectivity index (χ3v) is 6.05. The molecule has 1 aromatic carbocycles. The number of piperazine rings is 1. The summed E-state index contributed by atoms with van der Waals surface area (Å²) in [6.45, 7) is 10.7. The highest BCUT2D eigenvalue weighted by molar-refractivity contribution is 14.0. The molecule has 7 nitrogen and oxygen atoms in total. The summed E-state index contributed by atoms with van der Waals surface area (Å²) >= 11 is 0. The fourth-order valence-corrected chi connectivity index (χ4v) is 4.08. The fourth-order valence-electron chi connectivity index (χ4n) is 4.08. The number of hydrogen-bond acceptors (Lipinski definition) is 5. The second-order valence-corrected chi connectivity index (χ2v) is 8.45. The van der Waals surface area contributed by atoms with E-state index in [1.807, 2.05) is 6.07 Å². The Kier molecular flexibility index (Phi) is 7.51. The van der Waals surface area contributed by atoms with Crippen molar-refractivity contribution in [2.45, 2.75) is 32.4 Å². The number of aromatic nitrogens is 2. The highest BCUT2D eigenvalue weighted by atomic mass is 127. The predicted molar refractivity (Wildman–Crippen MR) is 132 cm³/mol. The molecule has 0 amide bonds. The van der Waals surface area contributed by atoms with Crippen LogP contribution in [0.5, 0.6) is 0 Å². The molecule has 4 rings (SSSR count). The van der Waals surface area contributed by atoms with Gasteiger partial charge in [-0.3, -0.25) is 9.89 Å². The van der Waals surface area contributed by atoms with Crippen molar-refractivity contribution in [1.29, 1.82) is 0 Å². The topological polar surface area (TPSA) is 73.9 Å². The first-order chi connectivity index (χ1) is 14.0. The van der Waals surface area contributed by atoms with E-state index in [0.717, 1.165) is 51.6 Å². The molecule has 0 atom stereocenters. The summed E-state index contributed by atoms with van der Waals surface area (Å²) in [7, 11) is 0. The predicted octanol–water partition coefficient (Wildman–Crippen LogP) is 2.37. The average Bonchev–Trinajstić information content (AvgIpc) is 2.78. The number of fused-ring (bicyclic) bond motifs is 1. The molecule has 0 aliphatic carbocycles. The normalized spacial score (nSPS) is 18.0. The minimum absolute atomic E-state index is 0. The van der Waals surface area contributed by atoms with Gasteiger partial charge in [0.2, 0.25) is 5.95 Å². The summed E-state index contributed by atoms with van der Waals surface area (Å²) in [6, 6.07) is 10.6. The van der Waals surface area contributed by atoms with Crippen LogP contribution in [0.25, 0.3) is 0 Å². The molecule has 0 radical (unpaired) electrons. The van der Waals surface area contributed by atoms with Gasteiger partial charge in [-0.1, -0.05) is 24.3 Å². The van der Waals surface area contributed by atoms with Crippen molar-refractivity contribution < 1.29 is 0 Å². The lowest BCUT2D eigenvalue weighted by atomic mass is 9.94. The highest BCUT2D eigenvalue weighted by Gasteiger charge is 2.30. The Morgan fingerprint density at radius 1 is 1.00 bits per heavy atom. The molecule has 0 bridgehead atoms. The van der Waals surface area contributed by atoms with E-state index in [1.165, 1.54) is 11.1 Å². The molecule has 2 aromatic rings. The molecule has 1 aromatic heterocycles. The van der Waals surface area contributed by atoms with Gasteiger partial charge in [0.05, 0.1) is 6.54 Å². The SMILES string of the molecule is CC(C)(CN=C(N)N1CCN(c2ncccn2)CC1)N1CCc2ccccc2C1.I. The fraction of sp³-hybridized carbons (Fsp3) is 0.500. The Balaban J connectivity index is 0.00000256. The number of nitrogens with two attached hydrogens (primary N) is 1. The smallest absolute Gasteiger partial charge is 0.225 e. The van der Waals surface area contributed by atoms with Crippen LogP contribution in [0, 0.1) is 0 Å². The van der Waals surface area contributed by atoms with Crippen molar-refractivity contribution in [3.8, 4) is 0 Å². The first-order valence-corrected chi connectivity index (χ1v) is 10.4. The maximum atomic E-state index is 6.35. The number of nitrogens with zero attached hydrogens (tertiary/aromatic N) is 6. The van der Waals surface area contributed by atoms with Crippen molar-refractivity contribution in [3.63, 3.8) is 0 Å². The molecule has 3 heterocycles. The Hall–Kier alpha value is -1.94. The summed E-state index contributed by atoms with van der Waals surface area (Å²) in [4.78, 5) is 20.3. The van der Waals surface area contributed by atoms with Gasteiger partial charge in [0, 0.05) is 57.2 Å². The molecule has 0 unspecified atom stereocenters. The Morgan fingerprint density at radius 3 is 2.37 bits per heavy atom. The first kappa shape index (κ1) is 22.7. The second-order valence-electron chi connectivity index (χ2n) is 8.45. The minimum Gasteiger partial charge on any atom is -0.370 e. The minimum atomic E-state index is -0.0299. The van der Waals surface area contributed by atoms with Crippen molar-refractivity contribution >= 4 is 35.9 Å². The summed E-state index contributed by atoms with van der Waals surface area (Å²) in [5.74, 6) is 1.43. The number of benzene rings is 1. The van der Waals surface area contributed by atoms with Gasteiger partial charge in [0.25, 0.3) is 0 Å². The van der Waals surface area contributed by atoms with E-state index in [-0.39, 0.29) is 29.5 Å². The van der Waals surface area contributed by atoms with E-state index in [4.69, 9.17) is 10.7 Å². The summed E-state index contributed by atoms with van der Waals surface area (Å²) in [5, 5.41) is 0. The molecular weight excluding hydrogens is 489 g/mol. The third-order valence-electron chi connectivity index (χ3n) is 6.05. The lowest BCUT2D eigenvalue weighted by molar-refractivity contribution is 0.111. The van der Waals surface area contributed by atoms with Crippen LogP contribution in [-0.2, 0) is 13.0 Å². The monoisotopic (exact) mass is 521 g/mol. The van der Waals surface area contributed by atoms with Crippen LogP contribution in [0.15, 0.2) is 47.7 Å². The van der Waals surface area contributed by atoms with Crippen molar-refractivity contribution in [3.05, 3.63) is 53.9 Å². The van der Waals surface area contributed by atoms with E-state index in [2.05, 4.69) is 62.8 Å². The number of anilines is 1. The number of guanidine groups is 1. The van der Waals surface area contributed by atoms with E-state index in [1.54, 1.807) is 12.4 Å². The standard InChI is InChI=1S/C22H31N7.HI/c1-22(2,29-11-8-18-6-3-4-7-19(18)16-29)17-26-20(23)27-12-14-28(15-13-27)21-24-9-5-10-25-21;/h3-7,9-10H,8,11-17H2,1-2H3,(H2,23,26);1H. The highest BCUT2D eigenvalue weighted by Crippen LogP contribution is 2.25. The van der Waals surface area contributed by atoms with Gasteiger partial charge in [-0.05, 0) is 37.5 Å². The third kappa shape index (κ3) is 5.21. The summed E-state index contributed by atoms with van der Waals surface area (Å²) < 4.78 is 0. The van der Waals surface area contributed by atoms with Crippen molar-refractivity contribution in [2.24, 2.45) is 10.7 Å². The lowest BCUT2D eigenvalue weighted by Gasteiger charge is -2.41. The van der Waals surface area contributed by atoms with Gasteiger partial charge in [-0.15, -0.1) is 24.0 Å². The summed E-state index contributed by atoms with van der Waals surface area (Å²) in [5.41, 5.74) is 9.23. The molecule has 0 saturated carbocycles. The molecule has 8 heteroatoms. The van der Waals surface area contributed by atoms with Gasteiger partial charge in [0.15, 0.2) is 5.96 Å². The number of aliphatic imine (C=N–C) groups is 1. The Morgan fingerprint density at radius 2 is 1.67 bits per heavy atom. The molecule has 30 heavy (non-hydrogen) atoms. The van der Waals surface area contributed by atoms with Crippen LogP contribution in [-0.4, -0.2) is 70.5 Å². The average molecular weight is 521 g/mol. The van der Waals surface area contributed by atoms with E-state index in [0.29, 0.717) is 12.5 Å². The van der Waals surface area contributed by atoms with Crippen molar-refractivity contribution in [2.75, 3.05) is 44.2 Å². The van der Waals surface area contributed by atoms with Gasteiger partial charge in [-0.25, -0.2) is 9.97 Å². The quantitative estimate of drug-likeness (QED) is 0.379. The maximum absolute atomic E-state index is 6.35. The van der Waals surface area contributed by atoms with Crippen molar-refractivity contribution in [1.82, 2.24) is 19.8 Å². The van der Waals surface area contributed by atoms with E-state index < -0.39 is 0 Å². The number of rotatable bonds is 4. The van der Waals surface area contributed by atoms with Crippen LogP contribution in [0.1, 0.15) is 25.0 Å². The first-order valence-electron chi connectivity index (χ1n) is 10.4. The lowest BCUT2D eigenvalue weighted by Crippen LogP contribution is -2.53. The molecule has 1 saturated heterocycles. The van der Waals surface area contributed by atoms with Gasteiger partial charge >= 0.3 is 0 Å². The number of hydrogen-bond donors (Lipinski definition) is 1. The van der Waals surface area contributed by atoms with Gasteiger partial charge in [0.1, 0.15) is 0 Å². The molecule has 0 spiro atoms.